The Balaban J connectivity index is 1.35. The second kappa shape index (κ2) is 5.20. The maximum atomic E-state index is 12.8. The minimum atomic E-state index is 0.0482. The highest BCUT2D eigenvalue weighted by Crippen LogP contribution is 2.55. The van der Waals surface area contributed by atoms with Gasteiger partial charge in [-0.15, -0.1) is 0 Å². The number of rotatable bonds is 3. The number of aromatic nitrogens is 2. The van der Waals surface area contributed by atoms with Crippen LogP contribution in [0.2, 0.25) is 0 Å². The number of aromatic amines is 1. The van der Waals surface area contributed by atoms with E-state index in [9.17, 15) is 4.79 Å². The normalized spacial score (nSPS) is 33.6. The molecule has 4 bridgehead atoms. The number of H-pyrrole nitrogens is 1. The first kappa shape index (κ1) is 14.3. The van der Waals surface area contributed by atoms with Crippen molar-refractivity contribution >= 4 is 5.91 Å². The second-order valence-electron chi connectivity index (χ2n) is 8.20. The number of nitrogens with one attached hydrogen (secondary N) is 2. The molecule has 0 saturated heterocycles. The van der Waals surface area contributed by atoms with Crippen molar-refractivity contribution in [2.24, 2.45) is 17.8 Å². The van der Waals surface area contributed by atoms with Crippen LogP contribution in [0.25, 0.3) is 11.1 Å². The summed E-state index contributed by atoms with van der Waals surface area (Å²) in [7, 11) is 0. The van der Waals surface area contributed by atoms with Crippen molar-refractivity contribution in [2.45, 2.75) is 44.1 Å². The van der Waals surface area contributed by atoms with Crippen molar-refractivity contribution in [3.05, 3.63) is 42.5 Å². The zero-order valence-electron chi connectivity index (χ0n) is 13.8. The predicted octanol–water partition coefficient (Wildman–Crippen LogP) is 3.78. The number of pyridine rings is 1. The Labute approximate surface area is 142 Å². The quantitative estimate of drug-likeness (QED) is 0.904. The van der Waals surface area contributed by atoms with Crippen molar-refractivity contribution in [1.29, 1.82) is 0 Å². The van der Waals surface area contributed by atoms with Gasteiger partial charge in [0.05, 0.1) is 0 Å². The van der Waals surface area contributed by atoms with E-state index in [1.54, 1.807) is 6.20 Å². The third-order valence-electron chi connectivity index (χ3n) is 6.34. The highest BCUT2D eigenvalue weighted by molar-refractivity contribution is 5.94. The molecule has 0 aliphatic heterocycles. The molecule has 124 valence electrons. The van der Waals surface area contributed by atoms with Gasteiger partial charge in [0.2, 0.25) is 0 Å². The van der Waals surface area contributed by atoms with E-state index >= 15 is 0 Å². The monoisotopic (exact) mass is 321 g/mol. The van der Waals surface area contributed by atoms with Crippen molar-refractivity contribution in [1.82, 2.24) is 15.3 Å². The average molecular weight is 321 g/mol. The summed E-state index contributed by atoms with van der Waals surface area (Å²) in [6.45, 7) is 0. The lowest BCUT2D eigenvalue weighted by atomic mass is 9.53. The SMILES string of the molecule is O=C(NC12CC3CC(CC(C3)C1)C2)c1cc(-c2cccnc2)c[nH]1. The third-order valence-corrected chi connectivity index (χ3v) is 6.34. The first-order valence-electron chi connectivity index (χ1n) is 9.10. The summed E-state index contributed by atoms with van der Waals surface area (Å²) in [5, 5.41) is 3.42. The molecule has 6 rings (SSSR count). The summed E-state index contributed by atoms with van der Waals surface area (Å²) < 4.78 is 0. The van der Waals surface area contributed by atoms with Crippen molar-refractivity contribution < 1.29 is 4.79 Å². The van der Waals surface area contributed by atoms with Crippen LogP contribution < -0.4 is 5.32 Å². The molecule has 2 aromatic heterocycles. The summed E-state index contributed by atoms with van der Waals surface area (Å²) in [6, 6.07) is 5.86. The van der Waals surface area contributed by atoms with Crippen molar-refractivity contribution in [3.63, 3.8) is 0 Å². The lowest BCUT2D eigenvalue weighted by Crippen LogP contribution is -2.59. The highest BCUT2D eigenvalue weighted by Gasteiger charge is 2.51. The molecule has 4 saturated carbocycles. The van der Waals surface area contributed by atoms with Gasteiger partial charge in [0.15, 0.2) is 0 Å². The molecule has 2 heterocycles. The number of hydrogen-bond acceptors (Lipinski definition) is 2. The number of carbonyl (C=O) groups is 1. The topological polar surface area (TPSA) is 57.8 Å². The smallest absolute Gasteiger partial charge is 0.268 e. The molecule has 4 aliphatic rings. The summed E-state index contributed by atoms with van der Waals surface area (Å²) in [6.07, 6.45) is 13.2. The van der Waals surface area contributed by atoms with E-state index in [1.807, 2.05) is 30.6 Å². The molecule has 4 fully saturated rings. The number of hydrogen-bond donors (Lipinski definition) is 2. The van der Waals surface area contributed by atoms with Crippen LogP contribution in [0.15, 0.2) is 36.8 Å². The molecule has 1 amide bonds. The van der Waals surface area contributed by atoms with E-state index in [0.717, 1.165) is 28.9 Å². The van der Waals surface area contributed by atoms with Crippen LogP contribution in [0.1, 0.15) is 49.0 Å². The van der Waals surface area contributed by atoms with Crippen molar-refractivity contribution in [2.75, 3.05) is 0 Å². The maximum absolute atomic E-state index is 12.8. The Morgan fingerprint density at radius 2 is 1.83 bits per heavy atom. The van der Waals surface area contributed by atoms with Crippen LogP contribution in [-0.4, -0.2) is 21.4 Å². The van der Waals surface area contributed by atoms with Gasteiger partial charge in [-0.2, -0.15) is 0 Å². The summed E-state index contributed by atoms with van der Waals surface area (Å²) in [4.78, 5) is 20.1. The molecule has 0 atom stereocenters. The fourth-order valence-electron chi connectivity index (χ4n) is 5.80. The van der Waals surface area contributed by atoms with Gasteiger partial charge in [-0.05, 0) is 68.4 Å². The van der Waals surface area contributed by atoms with Crippen LogP contribution in [0, 0.1) is 17.8 Å². The largest absolute Gasteiger partial charge is 0.357 e. The molecular formula is C20H23N3O. The molecular weight excluding hydrogens is 298 g/mol. The number of nitrogens with zero attached hydrogens (tertiary/aromatic N) is 1. The molecule has 24 heavy (non-hydrogen) atoms. The molecule has 2 aromatic rings. The van der Waals surface area contributed by atoms with Gasteiger partial charge in [-0.25, -0.2) is 0 Å². The standard InChI is InChI=1S/C20H23N3O/c24-19(18-7-17(12-22-18)16-2-1-3-21-11-16)23-20-8-13-4-14(9-20)6-15(5-13)10-20/h1-3,7,11-15,22H,4-6,8-10H2,(H,23,24). The van der Waals surface area contributed by atoms with E-state index in [0.29, 0.717) is 5.69 Å². The first-order chi connectivity index (χ1) is 11.7. The molecule has 0 radical (unpaired) electrons. The molecule has 2 N–H and O–H groups in total. The molecule has 0 spiro atoms. The Kier molecular flexibility index (Phi) is 3.09. The second-order valence-corrected chi connectivity index (χ2v) is 8.20. The van der Waals surface area contributed by atoms with Crippen LogP contribution in [0.5, 0.6) is 0 Å². The summed E-state index contributed by atoms with van der Waals surface area (Å²) in [5.41, 5.74) is 2.76. The molecule has 0 unspecified atom stereocenters. The van der Waals surface area contributed by atoms with Crippen LogP contribution in [0.3, 0.4) is 0 Å². The Morgan fingerprint density at radius 3 is 2.46 bits per heavy atom. The summed E-state index contributed by atoms with van der Waals surface area (Å²) in [5.74, 6) is 2.57. The minimum Gasteiger partial charge on any atom is -0.357 e. The summed E-state index contributed by atoms with van der Waals surface area (Å²) >= 11 is 0. The fraction of sp³-hybridized carbons (Fsp3) is 0.500. The zero-order valence-corrected chi connectivity index (χ0v) is 13.8. The van der Waals surface area contributed by atoms with Crippen LogP contribution >= 0.6 is 0 Å². The molecule has 4 heteroatoms. The number of amides is 1. The zero-order chi connectivity index (χ0) is 16.1. The first-order valence-corrected chi connectivity index (χ1v) is 9.10. The molecule has 0 aromatic carbocycles. The van der Waals surface area contributed by atoms with Crippen LogP contribution in [0.4, 0.5) is 0 Å². The maximum Gasteiger partial charge on any atom is 0.268 e. The van der Waals surface area contributed by atoms with Gasteiger partial charge >= 0.3 is 0 Å². The van der Waals surface area contributed by atoms with E-state index in [-0.39, 0.29) is 11.4 Å². The van der Waals surface area contributed by atoms with E-state index in [2.05, 4.69) is 15.3 Å². The Hall–Kier alpha value is -2.10. The molecule has 4 nitrogen and oxygen atoms in total. The van der Waals surface area contributed by atoms with E-state index in [1.165, 1.54) is 38.5 Å². The third kappa shape index (κ3) is 2.36. The van der Waals surface area contributed by atoms with Gasteiger partial charge < -0.3 is 10.3 Å². The van der Waals surface area contributed by atoms with Crippen molar-refractivity contribution in [3.8, 4) is 11.1 Å². The van der Waals surface area contributed by atoms with Gasteiger partial charge in [0.1, 0.15) is 5.69 Å². The number of carbonyl (C=O) groups excluding carboxylic acids is 1. The van der Waals surface area contributed by atoms with E-state index < -0.39 is 0 Å². The average Bonchev–Trinajstić information content (AvgIpc) is 3.04. The van der Waals surface area contributed by atoms with Crippen LogP contribution in [-0.2, 0) is 0 Å². The highest BCUT2D eigenvalue weighted by atomic mass is 16.2. The predicted molar refractivity (Wildman–Crippen MR) is 92.4 cm³/mol. The van der Waals surface area contributed by atoms with Gasteiger partial charge in [0, 0.05) is 35.3 Å². The fourth-order valence-corrected chi connectivity index (χ4v) is 5.80. The lowest BCUT2D eigenvalue weighted by molar-refractivity contribution is -0.0167. The molecule has 4 aliphatic carbocycles. The van der Waals surface area contributed by atoms with Gasteiger partial charge in [-0.1, -0.05) is 6.07 Å². The Morgan fingerprint density at radius 1 is 1.12 bits per heavy atom. The van der Waals surface area contributed by atoms with Gasteiger partial charge in [-0.3, -0.25) is 9.78 Å². The minimum absolute atomic E-state index is 0.0482. The lowest BCUT2D eigenvalue weighted by Gasteiger charge is -2.56. The van der Waals surface area contributed by atoms with Gasteiger partial charge in [0.25, 0.3) is 5.91 Å². The van der Waals surface area contributed by atoms with E-state index in [4.69, 9.17) is 0 Å². The Bertz CT molecular complexity index is 729.